The number of benzene rings is 1. The largest absolute Gasteiger partial charge is 0.336 e. The number of nitrogens with one attached hydrogen (secondary N) is 1. The van der Waals surface area contributed by atoms with Crippen molar-refractivity contribution in [1.82, 2.24) is 8.75 Å². The minimum atomic E-state index is -0.303. The summed E-state index contributed by atoms with van der Waals surface area (Å²) >= 11 is 6.77. The Bertz CT molecular complexity index is 486. The number of aromatic nitrogens is 2. The summed E-state index contributed by atoms with van der Waals surface area (Å²) in [6, 6.07) is 4.48. The van der Waals surface area contributed by atoms with Gasteiger partial charge in [0, 0.05) is 5.69 Å². The number of anilines is 2. The van der Waals surface area contributed by atoms with Gasteiger partial charge < -0.3 is 5.32 Å². The van der Waals surface area contributed by atoms with Gasteiger partial charge in [0.2, 0.25) is 0 Å². The Balaban J connectivity index is 2.32. The van der Waals surface area contributed by atoms with Gasteiger partial charge in [-0.2, -0.15) is 8.75 Å². The van der Waals surface area contributed by atoms with E-state index in [2.05, 4.69) is 14.1 Å². The molecule has 0 spiro atoms. The molecule has 0 unspecified atom stereocenters. The second-order valence-electron chi connectivity index (χ2n) is 2.99. The first kappa shape index (κ1) is 10.3. The molecule has 1 N–H and O–H groups in total. The predicted molar refractivity (Wildman–Crippen MR) is 59.3 cm³/mol. The van der Waals surface area contributed by atoms with Crippen molar-refractivity contribution in [1.29, 1.82) is 0 Å². The van der Waals surface area contributed by atoms with Crippen LogP contribution in [-0.2, 0) is 0 Å². The maximum absolute atomic E-state index is 13.0. The van der Waals surface area contributed by atoms with Gasteiger partial charge in [-0.1, -0.05) is 17.7 Å². The van der Waals surface area contributed by atoms with E-state index < -0.39 is 0 Å². The highest BCUT2D eigenvalue weighted by atomic mass is 35.5. The van der Waals surface area contributed by atoms with Gasteiger partial charge in [-0.05, 0) is 24.6 Å². The topological polar surface area (TPSA) is 37.8 Å². The van der Waals surface area contributed by atoms with E-state index in [0.717, 1.165) is 17.3 Å². The van der Waals surface area contributed by atoms with Crippen LogP contribution >= 0.6 is 23.3 Å². The third-order valence-electron chi connectivity index (χ3n) is 1.90. The summed E-state index contributed by atoms with van der Waals surface area (Å²) in [6.07, 6.45) is 0. The molecule has 1 heterocycles. The minimum absolute atomic E-state index is 0.295. The van der Waals surface area contributed by atoms with Crippen molar-refractivity contribution in [2.75, 3.05) is 5.32 Å². The average Bonchev–Trinajstić information content (AvgIpc) is 2.58. The molecule has 0 bridgehead atoms. The third-order valence-corrected chi connectivity index (χ3v) is 2.79. The Morgan fingerprint density at radius 3 is 2.87 bits per heavy atom. The van der Waals surface area contributed by atoms with E-state index in [4.69, 9.17) is 11.6 Å². The molecule has 0 saturated carbocycles. The monoisotopic (exact) mass is 243 g/mol. The average molecular weight is 244 g/mol. The number of halogens is 2. The molecule has 1 aromatic carbocycles. The molecule has 3 nitrogen and oxygen atoms in total. The number of aryl methyl sites for hydroxylation is 1. The zero-order valence-electron chi connectivity index (χ0n) is 7.79. The van der Waals surface area contributed by atoms with Crippen LogP contribution in [0.25, 0.3) is 0 Å². The van der Waals surface area contributed by atoms with Crippen molar-refractivity contribution >= 4 is 34.8 Å². The second kappa shape index (κ2) is 4.12. The van der Waals surface area contributed by atoms with Gasteiger partial charge in [-0.15, -0.1) is 0 Å². The smallest absolute Gasteiger partial charge is 0.187 e. The molecule has 78 valence electrons. The molecular formula is C9H7ClFN3S. The SMILES string of the molecule is Cc1ccc(F)cc1Nc1nsnc1Cl. The van der Waals surface area contributed by atoms with Crippen molar-refractivity contribution in [2.45, 2.75) is 6.92 Å². The lowest BCUT2D eigenvalue weighted by Crippen LogP contribution is -1.94. The van der Waals surface area contributed by atoms with Gasteiger partial charge in [-0.25, -0.2) is 4.39 Å². The summed E-state index contributed by atoms with van der Waals surface area (Å²) in [7, 11) is 0. The van der Waals surface area contributed by atoms with Crippen molar-refractivity contribution < 1.29 is 4.39 Å². The lowest BCUT2D eigenvalue weighted by Gasteiger charge is -2.06. The molecular weight excluding hydrogens is 237 g/mol. The summed E-state index contributed by atoms with van der Waals surface area (Å²) in [5.74, 6) is 0.151. The third kappa shape index (κ3) is 2.24. The fourth-order valence-corrected chi connectivity index (χ4v) is 1.75. The maximum Gasteiger partial charge on any atom is 0.187 e. The summed E-state index contributed by atoms with van der Waals surface area (Å²) in [5.41, 5.74) is 1.56. The van der Waals surface area contributed by atoms with Crippen LogP contribution in [0.5, 0.6) is 0 Å². The van der Waals surface area contributed by atoms with E-state index in [9.17, 15) is 4.39 Å². The van der Waals surface area contributed by atoms with Crippen molar-refractivity contribution in [2.24, 2.45) is 0 Å². The zero-order chi connectivity index (χ0) is 10.8. The van der Waals surface area contributed by atoms with Crippen molar-refractivity contribution in [3.8, 4) is 0 Å². The Hall–Kier alpha value is -1.20. The zero-order valence-corrected chi connectivity index (χ0v) is 9.36. The van der Waals surface area contributed by atoms with Gasteiger partial charge in [0.1, 0.15) is 5.82 Å². The van der Waals surface area contributed by atoms with E-state index in [0.29, 0.717) is 16.7 Å². The van der Waals surface area contributed by atoms with E-state index >= 15 is 0 Å². The van der Waals surface area contributed by atoms with Crippen LogP contribution in [0.4, 0.5) is 15.9 Å². The first-order valence-corrected chi connectivity index (χ1v) is 5.29. The van der Waals surface area contributed by atoms with Crippen LogP contribution in [0, 0.1) is 12.7 Å². The van der Waals surface area contributed by atoms with Crippen LogP contribution in [-0.4, -0.2) is 8.75 Å². The van der Waals surface area contributed by atoms with Crippen LogP contribution in [0.3, 0.4) is 0 Å². The lowest BCUT2D eigenvalue weighted by molar-refractivity contribution is 0.628. The van der Waals surface area contributed by atoms with E-state index in [1.807, 2.05) is 6.92 Å². The van der Waals surface area contributed by atoms with Gasteiger partial charge in [0.25, 0.3) is 0 Å². The van der Waals surface area contributed by atoms with Crippen molar-refractivity contribution in [3.05, 3.63) is 34.7 Å². The molecule has 0 atom stereocenters. The maximum atomic E-state index is 13.0. The Morgan fingerprint density at radius 2 is 2.20 bits per heavy atom. The van der Waals surface area contributed by atoms with E-state index in [1.165, 1.54) is 12.1 Å². The summed E-state index contributed by atoms with van der Waals surface area (Å²) in [6.45, 7) is 1.87. The first-order valence-electron chi connectivity index (χ1n) is 4.18. The fourth-order valence-electron chi connectivity index (χ4n) is 1.11. The molecule has 2 rings (SSSR count). The van der Waals surface area contributed by atoms with Gasteiger partial charge in [-0.3, -0.25) is 0 Å². The normalized spacial score (nSPS) is 10.3. The predicted octanol–water partition coefficient (Wildman–Crippen LogP) is 3.38. The molecule has 6 heteroatoms. The second-order valence-corrected chi connectivity index (χ2v) is 3.87. The van der Waals surface area contributed by atoms with Gasteiger partial charge >= 0.3 is 0 Å². The first-order chi connectivity index (χ1) is 7.16. The highest BCUT2D eigenvalue weighted by Crippen LogP contribution is 2.25. The van der Waals surface area contributed by atoms with Gasteiger partial charge in [0.05, 0.1) is 11.7 Å². The Labute approximate surface area is 95.2 Å². The van der Waals surface area contributed by atoms with Crippen LogP contribution < -0.4 is 5.32 Å². The quantitative estimate of drug-likeness (QED) is 0.879. The summed E-state index contributed by atoms with van der Waals surface area (Å²) in [4.78, 5) is 0. The molecule has 0 amide bonds. The lowest BCUT2D eigenvalue weighted by atomic mass is 10.2. The minimum Gasteiger partial charge on any atom is -0.336 e. The molecule has 15 heavy (non-hydrogen) atoms. The molecule has 2 aromatic rings. The van der Waals surface area contributed by atoms with E-state index in [-0.39, 0.29) is 5.82 Å². The molecule has 0 aliphatic rings. The number of hydrogen-bond donors (Lipinski definition) is 1. The van der Waals surface area contributed by atoms with Crippen molar-refractivity contribution in [3.63, 3.8) is 0 Å². The van der Waals surface area contributed by atoms with Gasteiger partial charge in [0.15, 0.2) is 11.0 Å². The Kier molecular flexibility index (Phi) is 2.83. The number of nitrogens with zero attached hydrogens (tertiary/aromatic N) is 2. The molecule has 0 saturated heterocycles. The van der Waals surface area contributed by atoms with Crippen LogP contribution in [0.1, 0.15) is 5.56 Å². The molecule has 0 fully saturated rings. The highest BCUT2D eigenvalue weighted by Gasteiger charge is 2.07. The summed E-state index contributed by atoms with van der Waals surface area (Å²) in [5, 5.41) is 3.22. The molecule has 0 radical (unpaired) electrons. The highest BCUT2D eigenvalue weighted by molar-refractivity contribution is 6.99. The standard InChI is InChI=1S/C9H7ClFN3S/c1-5-2-3-6(11)4-7(5)12-9-8(10)13-15-14-9/h2-4H,1H3,(H,12,14). The van der Waals surface area contributed by atoms with Crippen LogP contribution in [0.2, 0.25) is 5.15 Å². The molecule has 0 aliphatic carbocycles. The number of rotatable bonds is 2. The molecule has 1 aromatic heterocycles. The fraction of sp³-hybridized carbons (Fsp3) is 0.111. The number of hydrogen-bond acceptors (Lipinski definition) is 4. The summed E-state index contributed by atoms with van der Waals surface area (Å²) < 4.78 is 20.7. The molecule has 0 aliphatic heterocycles. The Morgan fingerprint density at radius 1 is 1.40 bits per heavy atom. The van der Waals surface area contributed by atoms with E-state index in [1.54, 1.807) is 6.07 Å². The van der Waals surface area contributed by atoms with Crippen LogP contribution in [0.15, 0.2) is 18.2 Å².